The third-order valence-corrected chi connectivity index (χ3v) is 5.23. The van der Waals surface area contributed by atoms with Gasteiger partial charge in [0.05, 0.1) is 12.7 Å². The number of rotatable bonds is 3. The van der Waals surface area contributed by atoms with Crippen LogP contribution in [-0.4, -0.2) is 56.0 Å². The van der Waals surface area contributed by atoms with Crippen molar-refractivity contribution in [3.63, 3.8) is 0 Å². The van der Waals surface area contributed by atoms with Crippen LogP contribution in [0.4, 0.5) is 5.69 Å². The molecule has 0 spiro atoms. The summed E-state index contributed by atoms with van der Waals surface area (Å²) in [6.45, 7) is 6.07. The summed E-state index contributed by atoms with van der Waals surface area (Å²) in [5.74, 6) is 3.47. The van der Waals surface area contributed by atoms with Crippen LogP contribution in [0.3, 0.4) is 0 Å². The van der Waals surface area contributed by atoms with E-state index < -0.39 is 0 Å². The van der Waals surface area contributed by atoms with Crippen LogP contribution in [0.5, 0.6) is 11.5 Å². The topological polar surface area (TPSA) is 37.3 Å². The minimum atomic E-state index is 0.771. The van der Waals surface area contributed by atoms with Gasteiger partial charge in [-0.1, -0.05) is 19.1 Å². The van der Waals surface area contributed by atoms with Crippen LogP contribution in [0.1, 0.15) is 24.5 Å². The largest absolute Gasteiger partial charge is 0.496 e. The van der Waals surface area contributed by atoms with E-state index in [1.165, 1.54) is 0 Å². The molecule has 0 atom stereocenters. The average Bonchev–Trinajstić information content (AvgIpc) is 2.89. The molecule has 4 rings (SSSR count). The van der Waals surface area contributed by atoms with Crippen molar-refractivity contribution in [2.45, 2.75) is 13.3 Å². The summed E-state index contributed by atoms with van der Waals surface area (Å²) in [4.78, 5) is 9.80. The van der Waals surface area contributed by atoms with Crippen molar-refractivity contribution in [1.29, 1.82) is 0 Å². The second-order valence-electron chi connectivity index (χ2n) is 7.19. The van der Waals surface area contributed by atoms with Gasteiger partial charge in [-0.3, -0.25) is 0 Å². The Hall–Kier alpha value is -2.79. The normalized spacial score (nSPS) is 17.2. The molecule has 2 aromatic carbocycles. The van der Waals surface area contributed by atoms with E-state index >= 15 is 0 Å². The molecule has 146 valence electrons. The predicted octanol–water partition coefficient (Wildman–Crippen LogP) is 4.52. The number of methoxy groups -OCH3 is 1. The highest BCUT2D eigenvalue weighted by atomic mass is 16.5. The molecule has 0 radical (unpaired) electrons. The summed E-state index contributed by atoms with van der Waals surface area (Å²) < 4.78 is 11.8. The fraction of sp³-hybridized carbons (Fsp3) is 0.348. The third kappa shape index (κ3) is 3.62. The second kappa shape index (κ2) is 8.07. The van der Waals surface area contributed by atoms with Crippen molar-refractivity contribution in [2.24, 2.45) is 4.99 Å². The smallest absolute Gasteiger partial charge is 0.153 e. The first-order chi connectivity index (χ1) is 13.7. The van der Waals surface area contributed by atoms with Crippen molar-refractivity contribution in [3.8, 4) is 11.5 Å². The number of piperazine rings is 1. The van der Waals surface area contributed by atoms with Crippen molar-refractivity contribution in [1.82, 2.24) is 9.80 Å². The molecule has 5 nitrogen and oxygen atoms in total. The van der Waals surface area contributed by atoms with Gasteiger partial charge in [-0.2, -0.15) is 0 Å². The van der Waals surface area contributed by atoms with E-state index in [0.717, 1.165) is 72.5 Å². The summed E-state index contributed by atoms with van der Waals surface area (Å²) in [6, 6.07) is 14.2. The summed E-state index contributed by atoms with van der Waals surface area (Å²) in [6.07, 6.45) is 3.00. The Kier molecular flexibility index (Phi) is 5.35. The van der Waals surface area contributed by atoms with Gasteiger partial charge < -0.3 is 19.3 Å². The average molecular weight is 377 g/mol. The second-order valence-corrected chi connectivity index (χ2v) is 7.19. The summed E-state index contributed by atoms with van der Waals surface area (Å²) >= 11 is 0. The number of para-hydroxylation sites is 1. The third-order valence-electron chi connectivity index (χ3n) is 5.23. The minimum Gasteiger partial charge on any atom is -0.496 e. The standard InChI is InChI=1S/C23H27N3O2/c1-4-7-20(27-3)17-10-11-22-19(16-17)24-23(26-14-12-25(2)13-15-26)18-8-5-6-9-21(18)28-22/h5-11,16H,4,12-15H2,1-3H3/b20-7+. The number of aliphatic imine (C=N–C) groups is 1. The molecule has 0 saturated carbocycles. The van der Waals surface area contributed by atoms with Crippen LogP contribution in [0.15, 0.2) is 53.5 Å². The number of amidine groups is 1. The molecule has 2 aromatic rings. The summed E-state index contributed by atoms with van der Waals surface area (Å²) in [5, 5.41) is 0. The Morgan fingerprint density at radius 3 is 2.64 bits per heavy atom. The molecule has 0 amide bonds. The van der Waals surface area contributed by atoms with Crippen molar-refractivity contribution >= 4 is 17.3 Å². The molecule has 0 aromatic heterocycles. The van der Waals surface area contributed by atoms with Crippen molar-refractivity contribution in [2.75, 3.05) is 40.3 Å². The molecule has 1 fully saturated rings. The zero-order valence-electron chi connectivity index (χ0n) is 16.8. The van der Waals surface area contributed by atoms with E-state index in [-0.39, 0.29) is 0 Å². The maximum atomic E-state index is 6.26. The highest BCUT2D eigenvalue weighted by Gasteiger charge is 2.25. The van der Waals surface area contributed by atoms with Crippen LogP contribution in [0.2, 0.25) is 0 Å². The number of benzene rings is 2. The van der Waals surface area contributed by atoms with Crippen molar-refractivity contribution < 1.29 is 9.47 Å². The molecule has 1 saturated heterocycles. The van der Waals surface area contributed by atoms with Crippen molar-refractivity contribution in [3.05, 3.63) is 59.7 Å². The van der Waals surface area contributed by atoms with Gasteiger partial charge in [0.25, 0.3) is 0 Å². The van der Waals surface area contributed by atoms with Crippen LogP contribution >= 0.6 is 0 Å². The minimum absolute atomic E-state index is 0.771. The molecule has 2 heterocycles. The lowest BCUT2D eigenvalue weighted by Gasteiger charge is -2.34. The number of hydrogen-bond donors (Lipinski definition) is 0. The molecule has 0 N–H and O–H groups in total. The molecule has 2 aliphatic rings. The number of nitrogens with zero attached hydrogens (tertiary/aromatic N) is 3. The Morgan fingerprint density at radius 2 is 1.89 bits per heavy atom. The highest BCUT2D eigenvalue weighted by molar-refractivity contribution is 6.03. The number of fused-ring (bicyclic) bond motifs is 2. The lowest BCUT2D eigenvalue weighted by atomic mass is 10.1. The number of hydrogen-bond acceptors (Lipinski definition) is 5. The SMILES string of the molecule is CC/C=C(/OC)c1ccc2c(c1)N=C(N1CCN(C)CC1)c1ccccc1O2. The number of likely N-dealkylation sites (N-methyl/N-ethyl adjacent to an activating group) is 1. The van der Waals surface area contributed by atoms with Crippen LogP contribution < -0.4 is 4.74 Å². The van der Waals surface area contributed by atoms with Gasteiger partial charge in [0.15, 0.2) is 5.75 Å². The van der Waals surface area contributed by atoms with E-state index in [1.807, 2.05) is 30.3 Å². The van der Waals surface area contributed by atoms with E-state index in [0.29, 0.717) is 0 Å². The molecule has 28 heavy (non-hydrogen) atoms. The van der Waals surface area contributed by atoms with Gasteiger partial charge in [0.2, 0.25) is 0 Å². The van der Waals surface area contributed by atoms with Crippen LogP contribution in [0, 0.1) is 0 Å². The van der Waals surface area contributed by atoms with Gasteiger partial charge in [-0.15, -0.1) is 0 Å². The van der Waals surface area contributed by atoms with E-state index in [4.69, 9.17) is 14.5 Å². The fourth-order valence-corrected chi connectivity index (χ4v) is 3.64. The first-order valence-electron chi connectivity index (χ1n) is 9.87. The first kappa shape index (κ1) is 18.6. The maximum absolute atomic E-state index is 6.26. The van der Waals surface area contributed by atoms with Gasteiger partial charge in [0, 0.05) is 31.7 Å². The zero-order chi connectivity index (χ0) is 19.5. The lowest BCUT2D eigenvalue weighted by molar-refractivity contribution is 0.215. The molecule has 0 aliphatic carbocycles. The predicted molar refractivity (Wildman–Crippen MR) is 114 cm³/mol. The van der Waals surface area contributed by atoms with Gasteiger partial charge in [0.1, 0.15) is 23.0 Å². The van der Waals surface area contributed by atoms with Crippen LogP contribution in [-0.2, 0) is 4.74 Å². The fourth-order valence-electron chi connectivity index (χ4n) is 3.64. The molecule has 0 bridgehead atoms. The van der Waals surface area contributed by atoms with E-state index in [1.54, 1.807) is 7.11 Å². The summed E-state index contributed by atoms with van der Waals surface area (Å²) in [7, 11) is 3.87. The number of ether oxygens (including phenoxy) is 2. The van der Waals surface area contributed by atoms with Gasteiger partial charge in [-0.05, 0) is 49.9 Å². The Labute approximate surface area is 166 Å². The maximum Gasteiger partial charge on any atom is 0.153 e. The highest BCUT2D eigenvalue weighted by Crippen LogP contribution is 2.39. The Morgan fingerprint density at radius 1 is 1.11 bits per heavy atom. The lowest BCUT2D eigenvalue weighted by Crippen LogP contribution is -2.47. The first-order valence-corrected chi connectivity index (χ1v) is 9.87. The monoisotopic (exact) mass is 377 g/mol. The quantitative estimate of drug-likeness (QED) is 0.737. The molecule has 0 unspecified atom stereocenters. The van der Waals surface area contributed by atoms with Gasteiger partial charge in [-0.25, -0.2) is 4.99 Å². The molecular weight excluding hydrogens is 350 g/mol. The Bertz CT molecular complexity index is 912. The zero-order valence-corrected chi connectivity index (χ0v) is 16.8. The van der Waals surface area contributed by atoms with E-state index in [2.05, 4.69) is 42.0 Å². The Balaban J connectivity index is 1.80. The van der Waals surface area contributed by atoms with Gasteiger partial charge >= 0.3 is 0 Å². The molecular formula is C23H27N3O2. The van der Waals surface area contributed by atoms with E-state index in [9.17, 15) is 0 Å². The summed E-state index contributed by atoms with van der Waals surface area (Å²) in [5.41, 5.74) is 2.89. The molecule has 2 aliphatic heterocycles. The van der Waals surface area contributed by atoms with Crippen LogP contribution in [0.25, 0.3) is 5.76 Å². The number of allylic oxidation sites excluding steroid dienone is 1. The molecule has 5 heteroatoms.